The molecule has 0 spiro atoms. The van der Waals surface area contributed by atoms with Crippen LogP contribution in [0.1, 0.15) is 38.4 Å². The molecule has 18 heavy (non-hydrogen) atoms. The normalized spacial score (nSPS) is 15.4. The molecule has 0 unspecified atom stereocenters. The number of hydrogen-bond acceptors (Lipinski definition) is 4. The van der Waals surface area contributed by atoms with Crippen LogP contribution in [-0.4, -0.2) is 36.1 Å². The van der Waals surface area contributed by atoms with E-state index in [0.717, 1.165) is 30.4 Å². The van der Waals surface area contributed by atoms with Gasteiger partial charge in [-0.15, -0.1) is 0 Å². The van der Waals surface area contributed by atoms with Gasteiger partial charge in [-0.3, -0.25) is 0 Å². The lowest BCUT2D eigenvalue weighted by molar-refractivity contribution is 0.204. The van der Waals surface area contributed by atoms with Crippen molar-refractivity contribution in [3.8, 4) is 0 Å². The molecule has 0 bridgehead atoms. The number of ether oxygens (including phenoxy) is 1. The Hall–Kier alpha value is -1.23. The molecule has 0 amide bonds. The first kappa shape index (κ1) is 13.2. The van der Waals surface area contributed by atoms with Gasteiger partial charge < -0.3 is 15.4 Å². The van der Waals surface area contributed by atoms with Crippen molar-refractivity contribution >= 4 is 11.5 Å². The van der Waals surface area contributed by atoms with E-state index in [1.165, 1.54) is 12.8 Å². The van der Waals surface area contributed by atoms with Gasteiger partial charge in [-0.25, -0.2) is 4.68 Å². The molecule has 1 aliphatic carbocycles. The maximum absolute atomic E-state index is 6.21. The fourth-order valence-corrected chi connectivity index (χ4v) is 2.23. The second-order valence-electron chi connectivity index (χ2n) is 5.28. The first-order valence-electron chi connectivity index (χ1n) is 6.66. The molecule has 1 heterocycles. The first-order valence-corrected chi connectivity index (χ1v) is 6.66. The van der Waals surface area contributed by atoms with Crippen LogP contribution in [0.4, 0.5) is 11.5 Å². The minimum absolute atomic E-state index is 0.319. The van der Waals surface area contributed by atoms with Crippen LogP contribution < -0.4 is 10.6 Å². The van der Waals surface area contributed by atoms with Crippen molar-refractivity contribution in [2.75, 3.05) is 30.9 Å². The van der Waals surface area contributed by atoms with E-state index in [1.54, 1.807) is 7.11 Å². The molecule has 0 atom stereocenters. The molecule has 1 saturated carbocycles. The lowest BCUT2D eigenvalue weighted by Gasteiger charge is -2.26. The minimum Gasteiger partial charge on any atom is -0.394 e. The molecule has 1 fully saturated rings. The number of anilines is 2. The summed E-state index contributed by atoms with van der Waals surface area (Å²) in [5.41, 5.74) is 7.94. The van der Waals surface area contributed by atoms with Crippen molar-refractivity contribution in [1.29, 1.82) is 0 Å². The van der Waals surface area contributed by atoms with Crippen LogP contribution in [-0.2, 0) is 4.74 Å². The molecular formula is C13H24N4O. The molecule has 102 valence electrons. The monoisotopic (exact) mass is 252 g/mol. The summed E-state index contributed by atoms with van der Waals surface area (Å²) in [7, 11) is 1.74. The van der Waals surface area contributed by atoms with Gasteiger partial charge in [0, 0.05) is 25.7 Å². The average molecular weight is 252 g/mol. The van der Waals surface area contributed by atoms with Crippen molar-refractivity contribution in [3.63, 3.8) is 0 Å². The van der Waals surface area contributed by atoms with E-state index in [9.17, 15) is 0 Å². The van der Waals surface area contributed by atoms with Crippen LogP contribution >= 0.6 is 0 Å². The third kappa shape index (κ3) is 2.46. The maximum atomic E-state index is 6.21. The van der Waals surface area contributed by atoms with Crippen LogP contribution in [0.5, 0.6) is 0 Å². The van der Waals surface area contributed by atoms with Gasteiger partial charge in [-0.1, -0.05) is 0 Å². The van der Waals surface area contributed by atoms with Crippen molar-refractivity contribution in [2.24, 2.45) is 0 Å². The van der Waals surface area contributed by atoms with Crippen molar-refractivity contribution in [3.05, 3.63) is 5.69 Å². The van der Waals surface area contributed by atoms with Crippen LogP contribution in [0, 0.1) is 6.92 Å². The molecule has 2 N–H and O–H groups in total. The standard InChI is InChI=1S/C13H24N4O/c1-9(2)17-13(12(14)10(3)15-17)16(7-8-18-4)11-5-6-11/h9,11H,5-8,14H2,1-4H3. The third-order valence-corrected chi connectivity index (χ3v) is 3.39. The topological polar surface area (TPSA) is 56.3 Å². The minimum atomic E-state index is 0.319. The molecule has 5 heteroatoms. The van der Waals surface area contributed by atoms with Gasteiger partial charge in [0.2, 0.25) is 0 Å². The SMILES string of the molecule is COCCN(c1c(N)c(C)nn1C(C)C)C1CC1. The number of aryl methyl sites for hydroxylation is 1. The van der Waals surface area contributed by atoms with Gasteiger partial charge in [0.1, 0.15) is 0 Å². The Morgan fingerprint density at radius 1 is 1.50 bits per heavy atom. The number of rotatable bonds is 6. The summed E-state index contributed by atoms with van der Waals surface area (Å²) in [6.45, 7) is 7.84. The van der Waals surface area contributed by atoms with E-state index in [-0.39, 0.29) is 0 Å². The average Bonchev–Trinajstić information content (AvgIpc) is 3.10. The van der Waals surface area contributed by atoms with E-state index in [0.29, 0.717) is 12.1 Å². The van der Waals surface area contributed by atoms with Gasteiger partial charge in [-0.05, 0) is 33.6 Å². The summed E-state index contributed by atoms with van der Waals surface area (Å²) in [6, 6.07) is 0.927. The Bertz CT molecular complexity index is 409. The van der Waals surface area contributed by atoms with E-state index >= 15 is 0 Å². The summed E-state index contributed by atoms with van der Waals surface area (Å²) >= 11 is 0. The second kappa shape index (κ2) is 5.18. The Morgan fingerprint density at radius 3 is 2.67 bits per heavy atom. The van der Waals surface area contributed by atoms with Crippen LogP contribution in [0.3, 0.4) is 0 Å². The highest BCUT2D eigenvalue weighted by molar-refractivity contribution is 5.67. The molecule has 0 aromatic carbocycles. The van der Waals surface area contributed by atoms with Crippen molar-refractivity contribution < 1.29 is 4.74 Å². The quantitative estimate of drug-likeness (QED) is 0.841. The summed E-state index contributed by atoms with van der Waals surface area (Å²) in [4.78, 5) is 2.36. The summed E-state index contributed by atoms with van der Waals surface area (Å²) < 4.78 is 7.25. The third-order valence-electron chi connectivity index (χ3n) is 3.39. The number of aromatic nitrogens is 2. The van der Waals surface area contributed by atoms with Gasteiger partial charge >= 0.3 is 0 Å². The van der Waals surface area contributed by atoms with Gasteiger partial charge in [-0.2, -0.15) is 5.10 Å². The van der Waals surface area contributed by atoms with Crippen molar-refractivity contribution in [2.45, 2.75) is 45.7 Å². The number of hydrogen-bond donors (Lipinski definition) is 1. The smallest absolute Gasteiger partial charge is 0.151 e. The lowest BCUT2D eigenvalue weighted by atomic mass is 10.3. The molecular weight excluding hydrogens is 228 g/mol. The van der Waals surface area contributed by atoms with Crippen LogP contribution in [0.2, 0.25) is 0 Å². The Kier molecular flexibility index (Phi) is 3.80. The highest BCUT2D eigenvalue weighted by Gasteiger charge is 2.33. The number of nitrogen functional groups attached to an aromatic ring is 1. The van der Waals surface area contributed by atoms with Crippen LogP contribution in [0.15, 0.2) is 0 Å². The van der Waals surface area contributed by atoms with Gasteiger partial charge in [0.15, 0.2) is 5.82 Å². The lowest BCUT2D eigenvalue weighted by Crippen LogP contribution is -2.32. The van der Waals surface area contributed by atoms with E-state index in [1.807, 2.05) is 11.6 Å². The number of methoxy groups -OCH3 is 1. The molecule has 0 saturated heterocycles. The maximum Gasteiger partial charge on any atom is 0.151 e. The van der Waals surface area contributed by atoms with E-state index in [2.05, 4.69) is 23.8 Å². The number of nitrogens with two attached hydrogens (primary N) is 1. The number of nitrogens with zero attached hydrogens (tertiary/aromatic N) is 3. The summed E-state index contributed by atoms with van der Waals surface area (Å²) in [5, 5.41) is 4.56. The van der Waals surface area contributed by atoms with E-state index in [4.69, 9.17) is 10.5 Å². The Labute approximate surface area is 109 Å². The molecule has 2 rings (SSSR count). The zero-order chi connectivity index (χ0) is 13.3. The highest BCUT2D eigenvalue weighted by atomic mass is 16.5. The zero-order valence-corrected chi connectivity index (χ0v) is 11.8. The highest BCUT2D eigenvalue weighted by Crippen LogP contribution is 2.37. The molecule has 5 nitrogen and oxygen atoms in total. The molecule has 1 aliphatic rings. The molecule has 1 aromatic heterocycles. The molecule has 1 aromatic rings. The Morgan fingerprint density at radius 2 is 2.17 bits per heavy atom. The Balaban J connectivity index is 2.33. The predicted octanol–water partition coefficient (Wildman–Crippen LogP) is 1.97. The summed E-state index contributed by atoms with van der Waals surface area (Å²) in [5.74, 6) is 1.07. The first-order chi connectivity index (χ1) is 8.56. The second-order valence-corrected chi connectivity index (χ2v) is 5.28. The van der Waals surface area contributed by atoms with Crippen LogP contribution in [0.25, 0.3) is 0 Å². The van der Waals surface area contributed by atoms with Gasteiger partial charge in [0.25, 0.3) is 0 Å². The predicted molar refractivity (Wildman–Crippen MR) is 74.0 cm³/mol. The van der Waals surface area contributed by atoms with Crippen molar-refractivity contribution in [1.82, 2.24) is 9.78 Å². The van der Waals surface area contributed by atoms with E-state index < -0.39 is 0 Å². The fraction of sp³-hybridized carbons (Fsp3) is 0.769. The molecule has 0 aliphatic heterocycles. The largest absolute Gasteiger partial charge is 0.394 e. The zero-order valence-electron chi connectivity index (χ0n) is 11.8. The van der Waals surface area contributed by atoms with Gasteiger partial charge in [0.05, 0.1) is 18.0 Å². The fourth-order valence-electron chi connectivity index (χ4n) is 2.23. The summed E-state index contributed by atoms with van der Waals surface area (Å²) in [6.07, 6.45) is 2.48. The molecule has 0 radical (unpaired) electrons.